The maximum atomic E-state index is 6.35. The molecule has 1 aromatic heterocycles. The van der Waals surface area contributed by atoms with E-state index < -0.39 is 6.23 Å². The summed E-state index contributed by atoms with van der Waals surface area (Å²) < 4.78 is 18.1. The molecule has 1 N–H and O–H groups in total. The zero-order valence-electron chi connectivity index (χ0n) is 17.5. The molecule has 1 aliphatic heterocycles. The van der Waals surface area contributed by atoms with Crippen molar-refractivity contribution < 1.29 is 14.2 Å². The van der Waals surface area contributed by atoms with Crippen molar-refractivity contribution in [2.75, 3.05) is 25.3 Å². The number of hydrogen-bond donors (Lipinski definition) is 1. The lowest BCUT2D eigenvalue weighted by Gasteiger charge is -2.21. The third-order valence-corrected chi connectivity index (χ3v) is 6.33. The second-order valence-corrected chi connectivity index (χ2v) is 8.79. The van der Waals surface area contributed by atoms with Gasteiger partial charge in [0.05, 0.1) is 18.7 Å². The quantitative estimate of drug-likeness (QED) is 0.324. The number of anilines is 1. The lowest BCUT2D eigenvalue weighted by Crippen LogP contribution is -2.17. The van der Waals surface area contributed by atoms with Crippen LogP contribution >= 0.6 is 27.7 Å². The molecule has 0 spiro atoms. The first-order valence-electron chi connectivity index (χ1n) is 9.96. The summed E-state index contributed by atoms with van der Waals surface area (Å²) in [6, 6.07) is 11.7. The Balaban J connectivity index is 1.76. The summed E-state index contributed by atoms with van der Waals surface area (Å²) in [6.07, 6.45) is 1.71. The smallest absolute Gasteiger partial charge is 0.247 e. The van der Waals surface area contributed by atoms with Gasteiger partial charge in [0.1, 0.15) is 0 Å². The molecule has 4 rings (SSSR count). The number of aromatic nitrogens is 3. The lowest BCUT2D eigenvalue weighted by atomic mass is 10.1. The van der Waals surface area contributed by atoms with Crippen molar-refractivity contribution in [2.45, 2.75) is 31.1 Å². The molecule has 0 unspecified atom stereocenters. The summed E-state index contributed by atoms with van der Waals surface area (Å²) in [6.45, 7) is 2.16. The van der Waals surface area contributed by atoms with Gasteiger partial charge in [-0.1, -0.05) is 43.3 Å². The van der Waals surface area contributed by atoms with Gasteiger partial charge < -0.3 is 19.5 Å². The van der Waals surface area contributed by atoms with E-state index in [4.69, 9.17) is 14.2 Å². The summed E-state index contributed by atoms with van der Waals surface area (Å²) in [5.41, 5.74) is 3.25. The summed E-state index contributed by atoms with van der Waals surface area (Å²) in [5, 5.41) is 12.8. The number of nitrogens with zero attached hydrogens (tertiary/aromatic N) is 3. The largest absolute Gasteiger partial charge is 0.493 e. The number of ether oxygens (including phenoxy) is 3. The number of hydrogen-bond acceptors (Lipinski definition) is 8. The Morgan fingerprint density at radius 2 is 2.00 bits per heavy atom. The Bertz CT molecular complexity index is 1080. The van der Waals surface area contributed by atoms with Gasteiger partial charge in [-0.05, 0) is 40.5 Å². The molecule has 2 heterocycles. The number of methoxy groups -OCH3 is 2. The molecule has 0 fully saturated rings. The molecule has 0 aliphatic carbocycles. The molecule has 2 aromatic carbocycles. The minimum absolute atomic E-state index is 0.447. The van der Waals surface area contributed by atoms with E-state index in [0.717, 1.165) is 39.9 Å². The van der Waals surface area contributed by atoms with Gasteiger partial charge in [-0.2, -0.15) is 4.98 Å². The number of para-hydroxylation sites is 1. The van der Waals surface area contributed by atoms with Crippen LogP contribution in [0, 0.1) is 0 Å². The predicted molar refractivity (Wildman–Crippen MR) is 125 cm³/mol. The van der Waals surface area contributed by atoms with Crippen molar-refractivity contribution in [3.05, 3.63) is 46.4 Å². The fraction of sp³-hybridized carbons (Fsp3) is 0.318. The first kappa shape index (κ1) is 21.7. The van der Waals surface area contributed by atoms with Crippen LogP contribution in [-0.4, -0.2) is 35.2 Å². The van der Waals surface area contributed by atoms with Crippen LogP contribution in [0.3, 0.4) is 0 Å². The number of nitrogens with one attached hydrogen (secondary N) is 1. The summed E-state index contributed by atoms with van der Waals surface area (Å²) >= 11 is 5.15. The molecule has 7 nitrogen and oxygen atoms in total. The topological polar surface area (TPSA) is 78.4 Å². The number of fused-ring (bicyclic) bond motifs is 3. The van der Waals surface area contributed by atoms with Crippen LogP contribution in [-0.2, 0) is 0 Å². The first-order chi connectivity index (χ1) is 15.1. The molecule has 0 saturated heterocycles. The molecule has 0 radical (unpaired) electrons. The summed E-state index contributed by atoms with van der Waals surface area (Å²) in [4.78, 5) is 4.68. The van der Waals surface area contributed by atoms with E-state index in [9.17, 15) is 0 Å². The molecule has 31 heavy (non-hydrogen) atoms. The van der Waals surface area contributed by atoms with Gasteiger partial charge in [0.25, 0.3) is 0 Å². The van der Waals surface area contributed by atoms with Crippen molar-refractivity contribution in [3.63, 3.8) is 0 Å². The number of unbranched alkanes of at least 4 members (excludes halogenated alkanes) is 1. The molecule has 9 heteroatoms. The van der Waals surface area contributed by atoms with E-state index in [-0.39, 0.29) is 0 Å². The fourth-order valence-electron chi connectivity index (χ4n) is 3.26. The highest BCUT2D eigenvalue weighted by molar-refractivity contribution is 9.10. The Labute approximate surface area is 194 Å². The van der Waals surface area contributed by atoms with Gasteiger partial charge in [0.15, 0.2) is 23.4 Å². The molecule has 0 bridgehead atoms. The molecular weight excluding hydrogens is 480 g/mol. The van der Waals surface area contributed by atoms with Crippen LogP contribution < -0.4 is 19.5 Å². The molecule has 3 aromatic rings. The third-order valence-electron chi connectivity index (χ3n) is 4.82. The first-order valence-corrected chi connectivity index (χ1v) is 11.7. The maximum absolute atomic E-state index is 6.35. The number of benzene rings is 2. The SMILES string of the molecule is CCCCSc1nnc2c(n1)O[C@@H](c1cc(Br)c(OC)c(OC)c1)Nc1ccccc1-2. The van der Waals surface area contributed by atoms with Crippen molar-refractivity contribution >= 4 is 33.4 Å². The zero-order valence-corrected chi connectivity index (χ0v) is 19.9. The van der Waals surface area contributed by atoms with E-state index in [2.05, 4.69) is 43.4 Å². The predicted octanol–water partition coefficient (Wildman–Crippen LogP) is 5.71. The Morgan fingerprint density at radius 3 is 2.77 bits per heavy atom. The highest BCUT2D eigenvalue weighted by atomic mass is 79.9. The van der Waals surface area contributed by atoms with E-state index in [1.165, 1.54) is 0 Å². The van der Waals surface area contributed by atoms with Gasteiger partial charge in [-0.3, -0.25) is 0 Å². The van der Waals surface area contributed by atoms with Crippen LogP contribution in [0.15, 0.2) is 46.0 Å². The number of thioether (sulfide) groups is 1. The molecule has 1 aliphatic rings. The highest BCUT2D eigenvalue weighted by Gasteiger charge is 2.27. The van der Waals surface area contributed by atoms with Crippen LogP contribution in [0.1, 0.15) is 31.6 Å². The standard InChI is InChI=1S/C22H23BrN4O3S/c1-4-5-10-31-22-25-21-18(26-27-22)14-8-6-7-9-16(14)24-20(30-21)13-11-15(23)19(29-3)17(12-13)28-2/h6-9,11-12,20,24H,4-5,10H2,1-3H3/t20-/m0/s1. The average molecular weight is 503 g/mol. The molecule has 162 valence electrons. The van der Waals surface area contributed by atoms with Crippen LogP contribution in [0.5, 0.6) is 17.4 Å². The van der Waals surface area contributed by atoms with E-state index in [1.807, 2.05) is 36.4 Å². The summed E-state index contributed by atoms with van der Waals surface area (Å²) in [7, 11) is 3.21. The van der Waals surface area contributed by atoms with Crippen molar-refractivity contribution in [2.24, 2.45) is 0 Å². The minimum Gasteiger partial charge on any atom is -0.493 e. The monoisotopic (exact) mass is 502 g/mol. The third kappa shape index (κ3) is 4.57. The second-order valence-electron chi connectivity index (χ2n) is 6.88. The Kier molecular flexibility index (Phi) is 6.82. The maximum Gasteiger partial charge on any atom is 0.247 e. The van der Waals surface area contributed by atoms with Crippen molar-refractivity contribution in [3.8, 4) is 28.6 Å². The van der Waals surface area contributed by atoms with Gasteiger partial charge >= 0.3 is 0 Å². The van der Waals surface area contributed by atoms with Crippen LogP contribution in [0.25, 0.3) is 11.3 Å². The normalized spacial score (nSPS) is 14.5. The van der Waals surface area contributed by atoms with Gasteiger partial charge in [-0.15, -0.1) is 10.2 Å². The molecule has 0 saturated carbocycles. The Morgan fingerprint density at radius 1 is 1.16 bits per heavy atom. The fourth-order valence-corrected chi connectivity index (χ4v) is 4.74. The average Bonchev–Trinajstić information content (AvgIpc) is 2.95. The van der Waals surface area contributed by atoms with Gasteiger partial charge in [0, 0.05) is 22.6 Å². The molecule has 1 atom stereocenters. The Hall–Kier alpha value is -2.52. The number of halogens is 1. The molecular formula is C22H23BrN4O3S. The van der Waals surface area contributed by atoms with Crippen molar-refractivity contribution in [1.82, 2.24) is 15.2 Å². The highest BCUT2D eigenvalue weighted by Crippen LogP contribution is 2.42. The van der Waals surface area contributed by atoms with Crippen molar-refractivity contribution in [1.29, 1.82) is 0 Å². The molecule has 0 amide bonds. The van der Waals surface area contributed by atoms with Gasteiger partial charge in [-0.25, -0.2) is 0 Å². The van der Waals surface area contributed by atoms with Crippen LogP contribution in [0.4, 0.5) is 5.69 Å². The second kappa shape index (κ2) is 9.74. The minimum atomic E-state index is -0.510. The van der Waals surface area contributed by atoms with E-state index >= 15 is 0 Å². The lowest BCUT2D eigenvalue weighted by molar-refractivity contribution is 0.224. The van der Waals surface area contributed by atoms with Gasteiger partial charge in [0.2, 0.25) is 11.0 Å². The zero-order chi connectivity index (χ0) is 21.8. The van der Waals surface area contributed by atoms with Crippen LogP contribution in [0.2, 0.25) is 0 Å². The number of rotatable bonds is 7. The summed E-state index contributed by atoms with van der Waals surface area (Å²) in [5.74, 6) is 2.62. The van der Waals surface area contributed by atoms with E-state index in [1.54, 1.807) is 26.0 Å². The van der Waals surface area contributed by atoms with E-state index in [0.29, 0.717) is 28.2 Å².